The Balaban J connectivity index is 1.16. The number of pyridine rings is 1. The van der Waals surface area contributed by atoms with E-state index in [1.165, 1.54) is 16.2 Å². The number of hydrogen-bond acceptors (Lipinski definition) is 11. The first-order valence-electron chi connectivity index (χ1n) is 20.8. The number of benzene rings is 2. The van der Waals surface area contributed by atoms with Gasteiger partial charge in [0, 0.05) is 28.8 Å². The highest BCUT2D eigenvalue weighted by Crippen LogP contribution is 2.46. The van der Waals surface area contributed by atoms with E-state index in [1.54, 1.807) is 25.3 Å². The number of ether oxygens (including phenoxy) is 2. The SMILES string of the molecule is COc1ccc2c(O[C@@H]3C[C@H]4C(=O)N[C@]5(C(=O)NS(=O)(=O)C6CC6)C[C@H]5C=CCCCCC[C@H](Nc5ccc(Cl)c(Cl)c5)C(=O)N4C3)nc(-c3nc(C(C)C)cs3)cc2c1C. The molecule has 3 amide bonds. The minimum Gasteiger partial charge on any atom is -0.496 e. The highest BCUT2D eigenvalue weighted by molar-refractivity contribution is 7.91. The van der Waals surface area contributed by atoms with Gasteiger partial charge in [-0.15, -0.1) is 11.3 Å². The lowest BCUT2D eigenvalue weighted by molar-refractivity contribution is -0.140. The molecule has 3 fully saturated rings. The topological polar surface area (TPSA) is 169 Å². The number of rotatable bonds is 10. The lowest BCUT2D eigenvalue weighted by Gasteiger charge is -2.30. The predicted molar refractivity (Wildman–Crippen MR) is 238 cm³/mol. The maximum atomic E-state index is 14.9. The van der Waals surface area contributed by atoms with E-state index in [0.717, 1.165) is 52.7 Å². The first-order valence-corrected chi connectivity index (χ1v) is 24.0. The molecule has 1 saturated heterocycles. The van der Waals surface area contributed by atoms with Crippen LogP contribution in [0.15, 0.2) is 53.9 Å². The molecule has 17 heteroatoms. The molecule has 3 N–H and O–H groups in total. The van der Waals surface area contributed by atoms with E-state index in [1.807, 2.05) is 42.7 Å². The Hall–Kier alpha value is -4.44. The van der Waals surface area contributed by atoms with Crippen molar-refractivity contribution in [2.45, 2.75) is 113 Å². The van der Waals surface area contributed by atoms with Gasteiger partial charge in [0.15, 0.2) is 0 Å². The number of amides is 3. The number of halogens is 2. The summed E-state index contributed by atoms with van der Waals surface area (Å²) in [5.74, 6) is -0.853. The van der Waals surface area contributed by atoms with Crippen molar-refractivity contribution in [1.29, 1.82) is 0 Å². The number of nitrogens with zero attached hydrogens (tertiary/aromatic N) is 3. The van der Waals surface area contributed by atoms with E-state index in [-0.39, 0.29) is 31.2 Å². The van der Waals surface area contributed by atoms with Crippen LogP contribution in [0.1, 0.15) is 88.8 Å². The largest absolute Gasteiger partial charge is 0.496 e. The highest BCUT2D eigenvalue weighted by Gasteiger charge is 2.62. The molecule has 2 aliphatic carbocycles. The number of methoxy groups -OCH3 is 1. The van der Waals surface area contributed by atoms with Crippen LogP contribution in [0.25, 0.3) is 21.5 Å². The fourth-order valence-electron chi connectivity index (χ4n) is 8.30. The number of nitrogens with one attached hydrogen (secondary N) is 3. The van der Waals surface area contributed by atoms with Crippen LogP contribution in [0.3, 0.4) is 0 Å². The molecular formula is C44H50Cl2N6O7S2. The van der Waals surface area contributed by atoms with Gasteiger partial charge >= 0.3 is 0 Å². The van der Waals surface area contributed by atoms with Crippen molar-refractivity contribution in [3.8, 4) is 22.3 Å². The third-order valence-corrected chi connectivity index (χ3v) is 15.6. The summed E-state index contributed by atoms with van der Waals surface area (Å²) in [6.07, 6.45) is 8.03. The summed E-state index contributed by atoms with van der Waals surface area (Å²) in [7, 11) is -2.28. The fourth-order valence-corrected chi connectivity index (χ4v) is 10.9. The van der Waals surface area contributed by atoms with Crippen LogP contribution in [-0.4, -0.2) is 83.6 Å². The van der Waals surface area contributed by atoms with Gasteiger partial charge in [-0.1, -0.05) is 62.0 Å². The Morgan fingerprint density at radius 1 is 1.03 bits per heavy atom. The maximum absolute atomic E-state index is 14.9. The van der Waals surface area contributed by atoms with E-state index in [0.29, 0.717) is 52.3 Å². The molecule has 0 spiro atoms. The lowest BCUT2D eigenvalue weighted by Crippen LogP contribution is -2.57. The van der Waals surface area contributed by atoms with Gasteiger partial charge in [-0.2, -0.15) is 0 Å². The van der Waals surface area contributed by atoms with Crippen molar-refractivity contribution in [3.63, 3.8) is 0 Å². The normalized spacial score (nSPS) is 24.7. The van der Waals surface area contributed by atoms with Crippen LogP contribution in [0.2, 0.25) is 10.0 Å². The first kappa shape index (κ1) is 43.2. The average Bonchev–Trinajstić information content (AvgIpc) is 4.10. The monoisotopic (exact) mass is 908 g/mol. The summed E-state index contributed by atoms with van der Waals surface area (Å²) in [5, 5.41) is 10.7. The van der Waals surface area contributed by atoms with Gasteiger partial charge < -0.3 is 25.0 Å². The first-order chi connectivity index (χ1) is 29.2. The van der Waals surface area contributed by atoms with Gasteiger partial charge in [0.1, 0.15) is 40.2 Å². The number of carbonyl (C=O) groups excluding carboxylic acids is 3. The van der Waals surface area contributed by atoms with Crippen LogP contribution in [0, 0.1) is 12.8 Å². The minimum atomic E-state index is -3.90. The molecule has 4 heterocycles. The molecule has 324 valence electrons. The molecule has 2 saturated carbocycles. The molecule has 0 unspecified atom stereocenters. The van der Waals surface area contributed by atoms with Crippen LogP contribution >= 0.6 is 34.5 Å². The predicted octanol–water partition coefficient (Wildman–Crippen LogP) is 7.94. The molecule has 8 rings (SSSR count). The van der Waals surface area contributed by atoms with Crippen LogP contribution in [-0.2, 0) is 24.4 Å². The number of anilines is 1. The summed E-state index contributed by atoms with van der Waals surface area (Å²) in [6.45, 7) is 6.17. The zero-order valence-electron chi connectivity index (χ0n) is 34.5. The molecule has 2 aromatic heterocycles. The molecule has 4 aliphatic rings. The van der Waals surface area contributed by atoms with Crippen LogP contribution in [0.4, 0.5) is 5.69 Å². The van der Waals surface area contributed by atoms with Crippen molar-refractivity contribution in [2.75, 3.05) is 19.0 Å². The molecule has 5 atom stereocenters. The van der Waals surface area contributed by atoms with Crippen molar-refractivity contribution in [1.82, 2.24) is 24.9 Å². The van der Waals surface area contributed by atoms with E-state index in [4.69, 9.17) is 42.6 Å². The summed E-state index contributed by atoms with van der Waals surface area (Å²) in [4.78, 5) is 54.9. The van der Waals surface area contributed by atoms with Gasteiger partial charge in [0.2, 0.25) is 27.7 Å². The number of carbonyl (C=O) groups is 3. The summed E-state index contributed by atoms with van der Waals surface area (Å²) in [5.41, 5.74) is 1.55. The van der Waals surface area contributed by atoms with Gasteiger partial charge in [-0.05, 0) is 98.7 Å². The third kappa shape index (κ3) is 9.07. The van der Waals surface area contributed by atoms with Gasteiger partial charge in [0.25, 0.3) is 5.91 Å². The van der Waals surface area contributed by atoms with Crippen molar-refractivity contribution in [3.05, 3.63) is 75.2 Å². The van der Waals surface area contributed by atoms with Crippen LogP contribution < -0.4 is 24.8 Å². The van der Waals surface area contributed by atoms with E-state index < -0.39 is 56.7 Å². The summed E-state index contributed by atoms with van der Waals surface area (Å²) in [6, 6.07) is 8.97. The second-order valence-electron chi connectivity index (χ2n) is 16.9. The van der Waals surface area contributed by atoms with E-state index in [2.05, 4.69) is 29.2 Å². The van der Waals surface area contributed by atoms with E-state index in [9.17, 15) is 22.8 Å². The number of allylic oxidation sites excluding steroid dienone is 1. The molecule has 4 aromatic rings. The smallest absolute Gasteiger partial charge is 0.259 e. The Morgan fingerprint density at radius 2 is 1.84 bits per heavy atom. The minimum absolute atomic E-state index is 0.0341. The highest BCUT2D eigenvalue weighted by atomic mass is 35.5. The lowest BCUT2D eigenvalue weighted by atomic mass is 10.0. The van der Waals surface area contributed by atoms with E-state index >= 15 is 0 Å². The molecule has 0 bridgehead atoms. The Morgan fingerprint density at radius 3 is 2.56 bits per heavy atom. The molecule has 0 radical (unpaired) electrons. The second kappa shape index (κ2) is 17.4. The van der Waals surface area contributed by atoms with Crippen molar-refractivity contribution >= 4 is 78.7 Å². The summed E-state index contributed by atoms with van der Waals surface area (Å²) >= 11 is 14.1. The Kier molecular flexibility index (Phi) is 12.3. The Bertz CT molecular complexity index is 2510. The van der Waals surface area contributed by atoms with Crippen molar-refractivity contribution < 1.29 is 32.3 Å². The molecule has 61 heavy (non-hydrogen) atoms. The maximum Gasteiger partial charge on any atom is 0.259 e. The Labute approximate surface area is 370 Å². The van der Waals surface area contributed by atoms with Gasteiger partial charge in [-0.3, -0.25) is 19.1 Å². The zero-order chi connectivity index (χ0) is 43.2. The number of sulfonamides is 1. The average molecular weight is 910 g/mol. The van der Waals surface area contributed by atoms with Crippen LogP contribution in [0.5, 0.6) is 11.6 Å². The number of thiazole rings is 1. The third-order valence-electron chi connectivity index (χ3n) is 12.1. The quantitative estimate of drug-likeness (QED) is 0.133. The molecule has 2 aliphatic heterocycles. The number of hydrogen-bond donors (Lipinski definition) is 3. The van der Waals surface area contributed by atoms with Crippen molar-refractivity contribution in [2.24, 2.45) is 5.92 Å². The molecule has 2 aromatic carbocycles. The molecule has 13 nitrogen and oxygen atoms in total. The summed E-state index contributed by atoms with van der Waals surface area (Å²) < 4.78 is 40.7. The zero-order valence-corrected chi connectivity index (χ0v) is 37.6. The number of fused-ring (bicyclic) bond motifs is 3. The second-order valence-corrected chi connectivity index (χ2v) is 20.5. The standard InChI is InChI=1S/C44H50Cl2N6O7S2/c1-24(2)36-23-60-41(49-36)35-20-31-25(3)38(58-4)17-15-30(31)40(48-35)59-28-19-37-39(53)50-44(43(55)51-61(56,57)29-13-14-29)21-26(44)10-8-6-5-7-9-11-34(42(54)52(37)22-28)47-27-12-16-32(45)33(46)18-27/h8,10,12,15-18,20,23-24,26,28-29,34,37,47H,5-7,9,11,13-14,19,21-22H2,1-4H3,(H,50,53)(H,51,55)/t26-,28-,34+,37+,44-/m1/s1. The molecular weight excluding hydrogens is 860 g/mol. The fraction of sp³-hybridized carbons (Fsp3) is 0.477. The van der Waals surface area contributed by atoms with Gasteiger partial charge in [-0.25, -0.2) is 18.4 Å². The number of aryl methyl sites for hydroxylation is 1. The van der Waals surface area contributed by atoms with Gasteiger partial charge in [0.05, 0.1) is 34.6 Å². The number of aromatic nitrogens is 2.